The van der Waals surface area contributed by atoms with Crippen LogP contribution < -0.4 is 10.3 Å². The van der Waals surface area contributed by atoms with Gasteiger partial charge in [-0.3, -0.25) is 4.79 Å². The Morgan fingerprint density at radius 3 is 2.48 bits per heavy atom. The molecule has 0 saturated carbocycles. The predicted molar refractivity (Wildman–Crippen MR) is 101 cm³/mol. The molecule has 0 radical (unpaired) electrons. The van der Waals surface area contributed by atoms with E-state index in [2.05, 4.69) is 10.5 Å². The van der Waals surface area contributed by atoms with Gasteiger partial charge >= 0.3 is 0 Å². The van der Waals surface area contributed by atoms with Gasteiger partial charge in [-0.2, -0.15) is 5.10 Å². The largest absolute Gasteiger partial charge is 0.507 e. The Bertz CT molecular complexity index is 931. The topological polar surface area (TPSA) is 64.9 Å². The van der Waals surface area contributed by atoms with E-state index in [0.29, 0.717) is 11.1 Å². The lowest BCUT2D eigenvalue weighted by Crippen LogP contribution is -2.18. The van der Waals surface area contributed by atoms with Crippen molar-refractivity contribution in [2.75, 3.05) is 19.0 Å². The number of nitrogens with zero attached hydrogens (tertiary/aromatic N) is 2. The fourth-order valence-electron chi connectivity index (χ4n) is 2.55. The highest BCUT2D eigenvalue weighted by atomic mass is 16.3. The molecule has 3 rings (SSSR count). The van der Waals surface area contributed by atoms with E-state index < -0.39 is 0 Å². The maximum absolute atomic E-state index is 12.2. The summed E-state index contributed by atoms with van der Waals surface area (Å²) in [7, 11) is 3.88. The first-order chi connectivity index (χ1) is 12.1. The molecule has 1 amide bonds. The summed E-state index contributed by atoms with van der Waals surface area (Å²) in [6.07, 6.45) is 1.46. The summed E-state index contributed by atoms with van der Waals surface area (Å²) in [5.74, 6) is -0.187. The van der Waals surface area contributed by atoms with Gasteiger partial charge in [0.2, 0.25) is 0 Å². The lowest BCUT2D eigenvalue weighted by molar-refractivity contribution is 0.0955. The third-order valence-corrected chi connectivity index (χ3v) is 3.95. The summed E-state index contributed by atoms with van der Waals surface area (Å²) < 4.78 is 0. The molecule has 0 aromatic heterocycles. The minimum Gasteiger partial charge on any atom is -0.507 e. The highest BCUT2D eigenvalue weighted by Crippen LogP contribution is 2.25. The molecule has 0 atom stereocenters. The average molecular weight is 333 g/mol. The van der Waals surface area contributed by atoms with Gasteiger partial charge in [-0.15, -0.1) is 0 Å². The molecule has 126 valence electrons. The number of hydrogen-bond donors (Lipinski definition) is 2. The molecule has 0 fully saturated rings. The van der Waals surface area contributed by atoms with Crippen molar-refractivity contribution in [1.29, 1.82) is 0 Å². The smallest absolute Gasteiger partial charge is 0.271 e. The van der Waals surface area contributed by atoms with Gasteiger partial charge in [0, 0.05) is 30.9 Å². The van der Waals surface area contributed by atoms with Crippen LogP contribution in [0.1, 0.15) is 15.9 Å². The zero-order chi connectivity index (χ0) is 17.8. The van der Waals surface area contributed by atoms with Crippen LogP contribution in [0.25, 0.3) is 10.8 Å². The van der Waals surface area contributed by atoms with Crippen molar-refractivity contribution in [1.82, 2.24) is 5.43 Å². The Balaban J connectivity index is 1.77. The second kappa shape index (κ2) is 7.05. The van der Waals surface area contributed by atoms with Crippen LogP contribution in [0.2, 0.25) is 0 Å². The van der Waals surface area contributed by atoms with Crippen LogP contribution >= 0.6 is 0 Å². The van der Waals surface area contributed by atoms with Crippen LogP contribution in [0.4, 0.5) is 5.69 Å². The first-order valence-corrected chi connectivity index (χ1v) is 7.88. The summed E-state index contributed by atoms with van der Waals surface area (Å²) in [5, 5.41) is 15.9. The third-order valence-electron chi connectivity index (χ3n) is 3.95. The van der Waals surface area contributed by atoms with Gasteiger partial charge in [-0.1, -0.05) is 30.3 Å². The van der Waals surface area contributed by atoms with E-state index in [9.17, 15) is 9.90 Å². The zero-order valence-corrected chi connectivity index (χ0v) is 14.1. The number of phenolic OH excluding ortho intramolecular Hbond substituents is 1. The van der Waals surface area contributed by atoms with Crippen LogP contribution in [-0.2, 0) is 0 Å². The monoisotopic (exact) mass is 333 g/mol. The Morgan fingerprint density at radius 1 is 1.04 bits per heavy atom. The first kappa shape index (κ1) is 16.5. The van der Waals surface area contributed by atoms with Crippen molar-refractivity contribution >= 4 is 28.6 Å². The molecule has 5 nitrogen and oxygen atoms in total. The number of hydrogen-bond acceptors (Lipinski definition) is 4. The van der Waals surface area contributed by atoms with Crippen molar-refractivity contribution in [2.24, 2.45) is 5.10 Å². The third kappa shape index (κ3) is 3.61. The van der Waals surface area contributed by atoms with Crippen molar-refractivity contribution in [3.8, 4) is 5.75 Å². The highest BCUT2D eigenvalue weighted by molar-refractivity contribution is 6.03. The number of benzene rings is 3. The molecular weight excluding hydrogens is 314 g/mol. The molecule has 25 heavy (non-hydrogen) atoms. The molecule has 0 heterocycles. The molecule has 0 aliphatic rings. The molecule has 0 aliphatic carbocycles. The number of hydrazone groups is 1. The van der Waals surface area contributed by atoms with Crippen LogP contribution in [0.15, 0.2) is 65.8 Å². The number of carbonyl (C=O) groups is 1. The molecular formula is C20H19N3O2. The van der Waals surface area contributed by atoms with E-state index in [1.807, 2.05) is 61.5 Å². The fraction of sp³-hybridized carbons (Fsp3) is 0.100. The SMILES string of the molecule is CN(C)c1ccc(C(=O)N/N=C/c2c(O)ccc3ccccc23)cc1. The van der Waals surface area contributed by atoms with E-state index in [1.54, 1.807) is 18.2 Å². The van der Waals surface area contributed by atoms with E-state index in [1.165, 1.54) is 6.21 Å². The number of fused-ring (bicyclic) bond motifs is 1. The lowest BCUT2D eigenvalue weighted by atomic mass is 10.0. The Kier molecular flexibility index (Phi) is 4.66. The normalized spacial score (nSPS) is 11.0. The summed E-state index contributed by atoms with van der Waals surface area (Å²) >= 11 is 0. The van der Waals surface area contributed by atoms with E-state index in [-0.39, 0.29) is 11.7 Å². The summed E-state index contributed by atoms with van der Waals surface area (Å²) in [6, 6.07) is 18.4. The lowest BCUT2D eigenvalue weighted by Gasteiger charge is -2.12. The van der Waals surface area contributed by atoms with E-state index in [0.717, 1.165) is 16.5 Å². The Morgan fingerprint density at radius 2 is 1.76 bits per heavy atom. The minimum absolute atomic E-state index is 0.118. The van der Waals surface area contributed by atoms with E-state index in [4.69, 9.17) is 0 Å². The van der Waals surface area contributed by atoms with Crippen molar-refractivity contribution < 1.29 is 9.90 Å². The summed E-state index contributed by atoms with van der Waals surface area (Å²) in [5.41, 5.74) is 4.60. The van der Waals surface area contributed by atoms with E-state index >= 15 is 0 Å². The van der Waals surface area contributed by atoms with Crippen LogP contribution in [0.5, 0.6) is 5.75 Å². The maximum Gasteiger partial charge on any atom is 0.271 e. The molecule has 0 spiro atoms. The number of amides is 1. The van der Waals surface area contributed by atoms with Crippen molar-refractivity contribution in [3.05, 3.63) is 71.8 Å². The number of carbonyl (C=O) groups excluding carboxylic acids is 1. The Labute approximate surface area is 146 Å². The number of anilines is 1. The zero-order valence-electron chi connectivity index (χ0n) is 14.1. The van der Waals surface area contributed by atoms with Gasteiger partial charge in [-0.05, 0) is 41.1 Å². The molecule has 5 heteroatoms. The van der Waals surface area contributed by atoms with Crippen LogP contribution in [0, 0.1) is 0 Å². The summed E-state index contributed by atoms with van der Waals surface area (Å²) in [4.78, 5) is 14.1. The van der Waals surface area contributed by atoms with Gasteiger partial charge < -0.3 is 10.0 Å². The molecule has 0 unspecified atom stereocenters. The standard InChI is InChI=1S/C20H19N3O2/c1-23(2)16-10-7-15(8-11-16)20(25)22-21-13-18-17-6-4-3-5-14(17)9-12-19(18)24/h3-13,24H,1-2H3,(H,22,25)/b21-13+. The number of nitrogens with one attached hydrogen (secondary N) is 1. The quantitative estimate of drug-likeness (QED) is 0.568. The molecule has 3 aromatic rings. The molecule has 0 bridgehead atoms. The average Bonchev–Trinajstić information content (AvgIpc) is 2.63. The first-order valence-electron chi connectivity index (χ1n) is 7.88. The van der Waals surface area contributed by atoms with Gasteiger partial charge in [-0.25, -0.2) is 5.43 Å². The molecule has 0 aliphatic heterocycles. The molecule has 0 saturated heterocycles. The number of phenols is 1. The minimum atomic E-state index is -0.304. The highest BCUT2D eigenvalue weighted by Gasteiger charge is 2.06. The fourth-order valence-corrected chi connectivity index (χ4v) is 2.55. The second-order valence-electron chi connectivity index (χ2n) is 5.86. The van der Waals surface area contributed by atoms with Crippen LogP contribution in [-0.4, -0.2) is 31.3 Å². The molecule has 3 aromatic carbocycles. The van der Waals surface area contributed by atoms with Gasteiger partial charge in [0.05, 0.1) is 6.21 Å². The molecule has 2 N–H and O–H groups in total. The van der Waals surface area contributed by atoms with Gasteiger partial charge in [0.15, 0.2) is 0 Å². The summed E-state index contributed by atoms with van der Waals surface area (Å²) in [6.45, 7) is 0. The van der Waals surface area contributed by atoms with Gasteiger partial charge in [0.25, 0.3) is 5.91 Å². The predicted octanol–water partition coefficient (Wildman–Crippen LogP) is 3.38. The van der Waals surface area contributed by atoms with Gasteiger partial charge in [0.1, 0.15) is 5.75 Å². The van der Waals surface area contributed by atoms with Crippen LogP contribution in [0.3, 0.4) is 0 Å². The van der Waals surface area contributed by atoms with Crippen molar-refractivity contribution in [3.63, 3.8) is 0 Å². The maximum atomic E-state index is 12.2. The van der Waals surface area contributed by atoms with Crippen molar-refractivity contribution in [2.45, 2.75) is 0 Å². The number of rotatable bonds is 4. The second-order valence-corrected chi connectivity index (χ2v) is 5.86. The Hall–Kier alpha value is -3.34. The number of aromatic hydroxyl groups is 1.